The summed E-state index contributed by atoms with van der Waals surface area (Å²) in [7, 11) is 1.70. The van der Waals surface area contributed by atoms with Crippen molar-refractivity contribution in [1.29, 1.82) is 0 Å². The van der Waals surface area contributed by atoms with E-state index in [1.807, 2.05) is 54.9 Å². The van der Waals surface area contributed by atoms with E-state index in [-0.39, 0.29) is 0 Å². The monoisotopic (exact) mass is 436 g/mol. The topological polar surface area (TPSA) is 34.0 Å². The first kappa shape index (κ1) is 20.2. The molecule has 1 unspecified atom stereocenters. The fourth-order valence-corrected chi connectivity index (χ4v) is 4.56. The van der Waals surface area contributed by atoms with Gasteiger partial charge in [-0.1, -0.05) is 42.2 Å². The molecule has 0 aliphatic carbocycles. The summed E-state index contributed by atoms with van der Waals surface area (Å²) in [5.74, 6) is 8.31. The molecule has 2 aromatic carbocycles. The summed E-state index contributed by atoms with van der Waals surface area (Å²) in [6.45, 7) is 0.865. The summed E-state index contributed by atoms with van der Waals surface area (Å²) in [5.41, 5.74) is 4.23. The summed E-state index contributed by atoms with van der Waals surface area (Å²) in [6, 6.07) is 20.4. The molecule has 0 saturated heterocycles. The number of benzene rings is 2. The highest BCUT2D eigenvalue weighted by atomic mass is 32.1. The van der Waals surface area contributed by atoms with Crippen molar-refractivity contribution >= 4 is 29.1 Å². The number of amidine groups is 1. The molecular formula is C27H22N3OS+. The number of rotatable bonds is 5. The van der Waals surface area contributed by atoms with Gasteiger partial charge in [0.15, 0.2) is 0 Å². The van der Waals surface area contributed by atoms with Gasteiger partial charge in [-0.05, 0) is 35.9 Å². The van der Waals surface area contributed by atoms with Gasteiger partial charge in [-0.15, -0.1) is 11.3 Å². The minimum atomic E-state index is 0.568. The maximum atomic E-state index is 5.37. The van der Waals surface area contributed by atoms with Crippen LogP contribution in [0.3, 0.4) is 0 Å². The van der Waals surface area contributed by atoms with Crippen LogP contribution in [0.2, 0.25) is 0 Å². The van der Waals surface area contributed by atoms with Gasteiger partial charge in [-0.25, -0.2) is 4.48 Å². The lowest BCUT2D eigenvalue weighted by Gasteiger charge is -2.27. The second-order valence-electron chi connectivity index (χ2n) is 7.63. The number of nitrogens with zero attached hydrogens (tertiary/aromatic N) is 3. The third-order valence-corrected chi connectivity index (χ3v) is 6.46. The van der Waals surface area contributed by atoms with Crippen LogP contribution in [0.5, 0.6) is 5.75 Å². The Labute approximate surface area is 192 Å². The van der Waals surface area contributed by atoms with Crippen LogP contribution in [0.15, 0.2) is 94.6 Å². The molecule has 0 amide bonds. The maximum absolute atomic E-state index is 5.37. The van der Waals surface area contributed by atoms with E-state index >= 15 is 0 Å². The fraction of sp³-hybridized carbons (Fsp3) is 0.111. The molecule has 3 aromatic rings. The highest BCUT2D eigenvalue weighted by molar-refractivity contribution is 7.11. The van der Waals surface area contributed by atoms with Gasteiger partial charge in [0, 0.05) is 22.9 Å². The maximum Gasteiger partial charge on any atom is 0.256 e. The van der Waals surface area contributed by atoms with Crippen LogP contribution in [0.1, 0.15) is 21.6 Å². The van der Waals surface area contributed by atoms with Gasteiger partial charge in [0.25, 0.3) is 5.84 Å². The first-order chi connectivity index (χ1) is 15.7. The summed E-state index contributed by atoms with van der Waals surface area (Å²) >= 11 is 1.67. The molecule has 156 valence electrons. The summed E-state index contributed by atoms with van der Waals surface area (Å²) in [5, 5.41) is 2.09. The van der Waals surface area contributed by atoms with Crippen molar-refractivity contribution in [3.05, 3.63) is 106 Å². The van der Waals surface area contributed by atoms with Gasteiger partial charge < -0.3 is 4.74 Å². The first-order valence-electron chi connectivity index (χ1n) is 10.4. The molecule has 0 fully saturated rings. The Morgan fingerprint density at radius 3 is 2.75 bits per heavy atom. The molecule has 2 aliphatic heterocycles. The van der Waals surface area contributed by atoms with Crippen molar-refractivity contribution < 1.29 is 9.22 Å². The average molecular weight is 437 g/mol. The zero-order chi connectivity index (χ0) is 21.8. The molecular weight excluding hydrogens is 414 g/mol. The smallest absolute Gasteiger partial charge is 0.256 e. The molecule has 3 heterocycles. The highest BCUT2D eigenvalue weighted by Gasteiger charge is 2.37. The number of thiophene rings is 1. The van der Waals surface area contributed by atoms with E-state index in [0.717, 1.165) is 46.3 Å². The van der Waals surface area contributed by atoms with Crippen molar-refractivity contribution in [1.82, 2.24) is 0 Å². The van der Waals surface area contributed by atoms with Gasteiger partial charge in [0.2, 0.25) is 0 Å². The molecule has 0 bridgehead atoms. The lowest BCUT2D eigenvalue weighted by atomic mass is 10.1. The Morgan fingerprint density at radius 1 is 1.00 bits per heavy atom. The number of methoxy groups -OCH3 is 1. The third kappa shape index (κ3) is 4.19. The molecule has 0 saturated carbocycles. The van der Waals surface area contributed by atoms with Crippen molar-refractivity contribution in [3.63, 3.8) is 0 Å². The fourth-order valence-electron chi connectivity index (χ4n) is 3.77. The van der Waals surface area contributed by atoms with Crippen LogP contribution in [-0.4, -0.2) is 30.2 Å². The van der Waals surface area contributed by atoms with Gasteiger partial charge in [-0.3, -0.25) is 4.99 Å². The Bertz CT molecular complexity index is 1320. The molecule has 1 atom stereocenters. The standard InChI is InChI=1S/C27H22N3OS/c1-31-24-9-5-8-22(16-24)12-14-30-15-13-28-18-27(30)29-25(19-30)26-17-23(20-32-26)11-10-21-6-3-2-4-7-21/h2-9,13,15-20H,12,14H2,1H3/q+1. The van der Waals surface area contributed by atoms with E-state index < -0.39 is 0 Å². The quantitative estimate of drug-likeness (QED) is 0.385. The van der Waals surface area contributed by atoms with Crippen molar-refractivity contribution in [3.8, 4) is 17.6 Å². The van der Waals surface area contributed by atoms with E-state index in [4.69, 9.17) is 9.73 Å². The Balaban J connectivity index is 1.38. The van der Waals surface area contributed by atoms with E-state index in [2.05, 4.69) is 52.8 Å². The van der Waals surface area contributed by atoms with Crippen LogP contribution in [0.25, 0.3) is 5.70 Å². The molecule has 0 spiro atoms. The number of hydrogen-bond acceptors (Lipinski definition) is 4. The molecule has 4 nitrogen and oxygen atoms in total. The van der Waals surface area contributed by atoms with Crippen LogP contribution < -0.4 is 4.74 Å². The number of fused-ring (bicyclic) bond motifs is 1. The minimum absolute atomic E-state index is 0.568. The normalized spacial score (nSPS) is 18.4. The number of hydrogen-bond donors (Lipinski definition) is 0. The Kier molecular flexibility index (Phi) is 5.55. The zero-order valence-electron chi connectivity index (χ0n) is 17.7. The highest BCUT2D eigenvalue weighted by Crippen LogP contribution is 2.33. The van der Waals surface area contributed by atoms with Gasteiger partial charge in [0.1, 0.15) is 30.1 Å². The summed E-state index contributed by atoms with van der Waals surface area (Å²) in [4.78, 5) is 10.4. The zero-order valence-corrected chi connectivity index (χ0v) is 18.5. The predicted octanol–water partition coefficient (Wildman–Crippen LogP) is 5.48. The molecule has 5 heteroatoms. The van der Waals surface area contributed by atoms with Crippen molar-refractivity contribution in [2.75, 3.05) is 13.7 Å². The van der Waals surface area contributed by atoms with Crippen LogP contribution in [0.4, 0.5) is 0 Å². The van der Waals surface area contributed by atoms with Crippen molar-refractivity contribution in [2.24, 2.45) is 9.98 Å². The Morgan fingerprint density at radius 2 is 1.88 bits per heavy atom. The summed E-state index contributed by atoms with van der Waals surface area (Å²) < 4.78 is 5.94. The van der Waals surface area contributed by atoms with Crippen molar-refractivity contribution in [2.45, 2.75) is 6.42 Å². The first-order valence-corrected chi connectivity index (χ1v) is 11.3. The Hall–Kier alpha value is -3.72. The SMILES string of the molecule is COc1cccc(CC[N+]23C=CN=CC2=NC(c2cc(C#Cc4ccccc4)cs2)=C3)c1. The second kappa shape index (κ2) is 8.80. The summed E-state index contributed by atoms with van der Waals surface area (Å²) in [6.07, 6.45) is 8.94. The minimum Gasteiger partial charge on any atom is -0.497 e. The number of quaternary nitrogens is 1. The van der Waals surface area contributed by atoms with Gasteiger partial charge in [-0.2, -0.15) is 4.99 Å². The molecule has 2 aliphatic rings. The van der Waals surface area contributed by atoms with E-state index in [1.165, 1.54) is 5.56 Å². The van der Waals surface area contributed by atoms with E-state index in [0.29, 0.717) is 4.48 Å². The second-order valence-corrected chi connectivity index (χ2v) is 8.54. The average Bonchev–Trinajstić information content (AvgIpc) is 3.47. The van der Waals surface area contributed by atoms with Crippen LogP contribution in [-0.2, 0) is 6.42 Å². The number of ether oxygens (including phenoxy) is 1. The lowest BCUT2D eigenvalue weighted by molar-refractivity contribution is -0.726. The molecule has 5 rings (SSSR count). The van der Waals surface area contributed by atoms with Crippen LogP contribution in [0, 0.1) is 11.8 Å². The third-order valence-electron chi connectivity index (χ3n) is 5.50. The number of aliphatic imine (C=N–C) groups is 2. The lowest BCUT2D eigenvalue weighted by Crippen LogP contribution is -2.44. The van der Waals surface area contributed by atoms with Gasteiger partial charge >= 0.3 is 0 Å². The van der Waals surface area contributed by atoms with E-state index in [1.54, 1.807) is 18.4 Å². The molecule has 0 N–H and O–H groups in total. The molecule has 1 aromatic heterocycles. The van der Waals surface area contributed by atoms with Gasteiger partial charge in [0.05, 0.1) is 24.7 Å². The molecule has 0 radical (unpaired) electrons. The molecule has 32 heavy (non-hydrogen) atoms. The van der Waals surface area contributed by atoms with Crippen LogP contribution >= 0.6 is 11.3 Å². The van der Waals surface area contributed by atoms with E-state index in [9.17, 15) is 0 Å². The largest absolute Gasteiger partial charge is 0.497 e. The predicted molar refractivity (Wildman–Crippen MR) is 132 cm³/mol.